The van der Waals surface area contributed by atoms with E-state index in [-0.39, 0.29) is 11.9 Å². The van der Waals surface area contributed by atoms with Gasteiger partial charge in [-0.2, -0.15) is 4.37 Å². The molecule has 1 fully saturated rings. The molecule has 3 heterocycles. The van der Waals surface area contributed by atoms with Crippen molar-refractivity contribution < 1.29 is 4.79 Å². The lowest BCUT2D eigenvalue weighted by atomic mass is 10.1. The third kappa shape index (κ3) is 2.71. The Labute approximate surface area is 128 Å². The van der Waals surface area contributed by atoms with Gasteiger partial charge in [0, 0.05) is 37.4 Å². The van der Waals surface area contributed by atoms with Gasteiger partial charge < -0.3 is 9.88 Å². The number of H-pyrrole nitrogens is 1. The minimum Gasteiger partial charge on any atom is -0.347 e. The van der Waals surface area contributed by atoms with Crippen molar-refractivity contribution in [3.05, 3.63) is 34.9 Å². The number of nitrogens with one attached hydrogen (secondary N) is 1. The molecular weight excluding hydrogens is 286 g/mol. The lowest BCUT2D eigenvalue weighted by Gasteiger charge is -2.40. The summed E-state index contributed by atoms with van der Waals surface area (Å²) in [6, 6.07) is 0.134. The van der Waals surface area contributed by atoms with E-state index in [4.69, 9.17) is 0 Å². The number of nitrogens with zero attached hydrogens (tertiary/aromatic N) is 4. The standard InChI is InChI=1S/C14H19N5OS/c1-3-18-6-7-19(8-12(18)13-15-4-5-16-13)14(20)11-9-21-17-10(11)2/h4-5,9,12H,3,6-8H2,1-2H3,(H,15,16)/t12-/m1/s1. The minimum absolute atomic E-state index is 0.0774. The van der Waals surface area contributed by atoms with Crippen LogP contribution in [0.5, 0.6) is 0 Å². The smallest absolute Gasteiger partial charge is 0.256 e. The van der Waals surface area contributed by atoms with E-state index in [1.165, 1.54) is 11.5 Å². The van der Waals surface area contributed by atoms with E-state index in [0.717, 1.165) is 36.7 Å². The molecule has 7 heteroatoms. The van der Waals surface area contributed by atoms with E-state index in [0.29, 0.717) is 6.54 Å². The number of aromatic nitrogens is 3. The summed E-state index contributed by atoms with van der Waals surface area (Å²) in [6.45, 7) is 7.25. The molecule has 3 rings (SSSR count). The predicted octanol–water partition coefficient (Wildman–Crippen LogP) is 1.69. The first-order chi connectivity index (χ1) is 10.2. The SMILES string of the molecule is CCN1CCN(C(=O)c2csnc2C)C[C@@H]1c1ncc[nH]1. The molecule has 0 aliphatic carbocycles. The highest BCUT2D eigenvalue weighted by atomic mass is 32.1. The number of carbonyl (C=O) groups excluding carboxylic acids is 1. The predicted molar refractivity (Wildman–Crippen MR) is 81.3 cm³/mol. The number of hydrogen-bond donors (Lipinski definition) is 1. The topological polar surface area (TPSA) is 65.1 Å². The molecule has 0 unspecified atom stereocenters. The van der Waals surface area contributed by atoms with Crippen LogP contribution in [0.1, 0.15) is 34.8 Å². The van der Waals surface area contributed by atoms with E-state index >= 15 is 0 Å². The van der Waals surface area contributed by atoms with E-state index in [1.54, 1.807) is 6.20 Å². The highest BCUT2D eigenvalue weighted by Gasteiger charge is 2.32. The summed E-state index contributed by atoms with van der Waals surface area (Å²) in [7, 11) is 0. The first kappa shape index (κ1) is 14.2. The number of carbonyl (C=O) groups is 1. The van der Waals surface area contributed by atoms with Crippen molar-refractivity contribution in [3.8, 4) is 0 Å². The highest BCUT2D eigenvalue weighted by Crippen LogP contribution is 2.24. The fourth-order valence-electron chi connectivity index (χ4n) is 2.77. The van der Waals surface area contributed by atoms with Gasteiger partial charge in [0.1, 0.15) is 5.82 Å². The molecule has 6 nitrogen and oxygen atoms in total. The molecule has 0 spiro atoms. The molecule has 2 aromatic rings. The second-order valence-corrected chi connectivity index (χ2v) is 5.81. The first-order valence-electron chi connectivity index (χ1n) is 7.14. The van der Waals surface area contributed by atoms with Crippen LogP contribution < -0.4 is 0 Å². The van der Waals surface area contributed by atoms with E-state index < -0.39 is 0 Å². The van der Waals surface area contributed by atoms with Crippen LogP contribution in [0.3, 0.4) is 0 Å². The zero-order chi connectivity index (χ0) is 14.8. The van der Waals surface area contributed by atoms with Gasteiger partial charge in [0.15, 0.2) is 0 Å². The molecule has 1 aliphatic heterocycles. The second-order valence-electron chi connectivity index (χ2n) is 5.18. The van der Waals surface area contributed by atoms with E-state index in [9.17, 15) is 4.79 Å². The number of imidazole rings is 1. The van der Waals surface area contributed by atoms with Crippen molar-refractivity contribution >= 4 is 17.4 Å². The van der Waals surface area contributed by atoms with Gasteiger partial charge in [0.05, 0.1) is 17.3 Å². The summed E-state index contributed by atoms with van der Waals surface area (Å²) in [6.07, 6.45) is 3.59. The van der Waals surface area contributed by atoms with Gasteiger partial charge in [0.2, 0.25) is 0 Å². The number of piperazine rings is 1. The maximum atomic E-state index is 12.6. The molecule has 2 aromatic heterocycles. The molecule has 1 atom stereocenters. The number of likely N-dealkylation sites (N-methyl/N-ethyl adjacent to an activating group) is 1. The van der Waals surface area contributed by atoms with Crippen molar-refractivity contribution in [2.24, 2.45) is 0 Å². The Morgan fingerprint density at radius 2 is 2.38 bits per heavy atom. The van der Waals surface area contributed by atoms with Gasteiger partial charge in [-0.25, -0.2) is 4.98 Å². The first-order valence-corrected chi connectivity index (χ1v) is 7.98. The van der Waals surface area contributed by atoms with Gasteiger partial charge in [-0.1, -0.05) is 6.92 Å². The average Bonchev–Trinajstić information content (AvgIpc) is 3.17. The van der Waals surface area contributed by atoms with Gasteiger partial charge in [-0.15, -0.1) is 0 Å². The van der Waals surface area contributed by atoms with E-state index in [2.05, 4.69) is 26.2 Å². The summed E-state index contributed by atoms with van der Waals surface area (Å²) < 4.78 is 4.20. The third-order valence-electron chi connectivity index (χ3n) is 4.00. The minimum atomic E-state index is 0.0774. The quantitative estimate of drug-likeness (QED) is 0.937. The Hall–Kier alpha value is -1.73. The Kier molecular flexibility index (Phi) is 4.03. The van der Waals surface area contributed by atoms with Crippen LogP contribution in [0.15, 0.2) is 17.8 Å². The fraction of sp³-hybridized carbons (Fsp3) is 0.500. The maximum absolute atomic E-state index is 12.6. The molecule has 21 heavy (non-hydrogen) atoms. The van der Waals surface area contributed by atoms with Crippen molar-refractivity contribution in [3.63, 3.8) is 0 Å². The molecule has 0 saturated carbocycles. The summed E-state index contributed by atoms with van der Waals surface area (Å²) in [4.78, 5) is 24.4. The highest BCUT2D eigenvalue weighted by molar-refractivity contribution is 7.03. The van der Waals surface area contributed by atoms with Gasteiger partial charge >= 0.3 is 0 Å². The molecule has 1 aliphatic rings. The van der Waals surface area contributed by atoms with Gasteiger partial charge in [0.25, 0.3) is 5.91 Å². The Balaban J connectivity index is 1.80. The lowest BCUT2D eigenvalue weighted by Crippen LogP contribution is -2.50. The van der Waals surface area contributed by atoms with Crippen LogP contribution in [0, 0.1) is 6.92 Å². The molecule has 112 valence electrons. The van der Waals surface area contributed by atoms with E-state index in [1.807, 2.05) is 23.4 Å². The summed E-state index contributed by atoms with van der Waals surface area (Å²) in [5.74, 6) is 1.00. The molecule has 1 amide bonds. The lowest BCUT2D eigenvalue weighted by molar-refractivity contribution is 0.0479. The molecule has 1 N–H and O–H groups in total. The van der Waals surface area contributed by atoms with Crippen LogP contribution in [-0.4, -0.2) is 56.2 Å². The van der Waals surface area contributed by atoms with Crippen molar-refractivity contribution in [1.82, 2.24) is 24.1 Å². The second kappa shape index (κ2) is 5.95. The molecule has 0 aromatic carbocycles. The molecule has 0 radical (unpaired) electrons. The summed E-state index contributed by atoms with van der Waals surface area (Å²) >= 11 is 1.34. The molecule has 0 bridgehead atoms. The molecule has 1 saturated heterocycles. The normalized spacial score (nSPS) is 19.9. The number of aryl methyl sites for hydroxylation is 1. The summed E-state index contributed by atoms with van der Waals surface area (Å²) in [5.41, 5.74) is 1.54. The van der Waals surface area contributed by atoms with Crippen molar-refractivity contribution in [1.29, 1.82) is 0 Å². The van der Waals surface area contributed by atoms with Crippen LogP contribution in [0.2, 0.25) is 0 Å². The number of aromatic amines is 1. The Bertz CT molecular complexity index is 609. The van der Waals surface area contributed by atoms with Crippen LogP contribution >= 0.6 is 11.5 Å². The van der Waals surface area contributed by atoms with Gasteiger partial charge in [-0.05, 0) is 25.0 Å². The van der Waals surface area contributed by atoms with Crippen LogP contribution in [0.4, 0.5) is 0 Å². The zero-order valence-electron chi connectivity index (χ0n) is 12.2. The van der Waals surface area contributed by atoms with Crippen molar-refractivity contribution in [2.45, 2.75) is 19.9 Å². The Morgan fingerprint density at radius 3 is 3.00 bits per heavy atom. The summed E-state index contributed by atoms with van der Waals surface area (Å²) in [5, 5.41) is 1.84. The zero-order valence-corrected chi connectivity index (χ0v) is 13.1. The van der Waals surface area contributed by atoms with Crippen LogP contribution in [0.25, 0.3) is 0 Å². The number of rotatable bonds is 3. The van der Waals surface area contributed by atoms with Crippen LogP contribution in [-0.2, 0) is 0 Å². The third-order valence-corrected chi connectivity index (χ3v) is 4.72. The number of amides is 1. The molecular formula is C14H19N5OS. The average molecular weight is 305 g/mol. The number of hydrogen-bond acceptors (Lipinski definition) is 5. The maximum Gasteiger partial charge on any atom is 0.256 e. The van der Waals surface area contributed by atoms with Gasteiger partial charge in [-0.3, -0.25) is 9.69 Å². The monoisotopic (exact) mass is 305 g/mol. The Morgan fingerprint density at radius 1 is 1.52 bits per heavy atom. The largest absolute Gasteiger partial charge is 0.347 e. The fourth-order valence-corrected chi connectivity index (χ4v) is 3.46. The van der Waals surface area contributed by atoms with Crippen molar-refractivity contribution in [2.75, 3.05) is 26.2 Å².